The molecule has 1 aliphatic rings. The Morgan fingerprint density at radius 3 is 3.09 bits per heavy atom. The van der Waals surface area contributed by atoms with Gasteiger partial charge in [0.05, 0.1) is 11.6 Å². The van der Waals surface area contributed by atoms with Gasteiger partial charge in [-0.3, -0.25) is 4.79 Å². The summed E-state index contributed by atoms with van der Waals surface area (Å²) in [4.78, 5) is 11.1. The average molecular weight is 216 g/mol. The third kappa shape index (κ3) is 0.937. The van der Waals surface area contributed by atoms with E-state index in [0.717, 1.165) is 0 Å². The maximum absolute atomic E-state index is 11.1. The van der Waals surface area contributed by atoms with Gasteiger partial charge in [0.2, 0.25) is 0 Å². The Kier molecular flexibility index (Phi) is 1.40. The Balaban J connectivity index is 2.58. The molecule has 0 spiro atoms. The molecule has 2 N–H and O–H groups in total. The lowest BCUT2D eigenvalue weighted by molar-refractivity contribution is 0.0989. The second kappa shape index (κ2) is 2.19. The van der Waals surface area contributed by atoms with Crippen LogP contribution in [0.15, 0.2) is 15.2 Å². The van der Waals surface area contributed by atoms with Crippen molar-refractivity contribution in [3.63, 3.8) is 0 Å². The van der Waals surface area contributed by atoms with E-state index in [2.05, 4.69) is 15.9 Å². The van der Waals surface area contributed by atoms with E-state index in [9.17, 15) is 4.79 Å². The van der Waals surface area contributed by atoms with Crippen LogP contribution in [0.1, 0.15) is 28.6 Å². The van der Waals surface area contributed by atoms with E-state index in [0.29, 0.717) is 22.4 Å². The summed E-state index contributed by atoms with van der Waals surface area (Å²) in [6.07, 6.45) is 0.376. The minimum atomic E-state index is -0.246. The van der Waals surface area contributed by atoms with Crippen LogP contribution in [0.4, 0.5) is 0 Å². The highest BCUT2D eigenvalue weighted by Gasteiger charge is 2.30. The van der Waals surface area contributed by atoms with Crippen LogP contribution in [0.25, 0.3) is 0 Å². The summed E-state index contributed by atoms with van der Waals surface area (Å²) >= 11 is 3.14. The number of furan rings is 1. The normalized spacial score (nSPS) is 22.4. The number of Topliss-reactive ketones (excluding diaryl/α,β-unsaturated/α-hetero) is 1. The van der Waals surface area contributed by atoms with Crippen LogP contribution in [0.5, 0.6) is 0 Å². The van der Waals surface area contributed by atoms with Crippen LogP contribution >= 0.6 is 15.9 Å². The van der Waals surface area contributed by atoms with Crippen molar-refractivity contribution < 1.29 is 9.21 Å². The molecule has 0 aromatic carbocycles. The zero-order valence-corrected chi connectivity index (χ0v) is 7.22. The SMILES string of the molecule is NC1CC(=O)c2cc(Br)oc21. The molecule has 0 radical (unpaired) electrons. The van der Waals surface area contributed by atoms with Gasteiger partial charge in [0.1, 0.15) is 5.76 Å². The Morgan fingerprint density at radius 1 is 1.73 bits per heavy atom. The zero-order valence-electron chi connectivity index (χ0n) is 5.63. The number of nitrogens with two attached hydrogens (primary N) is 1. The van der Waals surface area contributed by atoms with Gasteiger partial charge >= 0.3 is 0 Å². The lowest BCUT2D eigenvalue weighted by Gasteiger charge is -1.95. The van der Waals surface area contributed by atoms with Crippen molar-refractivity contribution in [2.24, 2.45) is 5.73 Å². The van der Waals surface area contributed by atoms with Crippen LogP contribution in [-0.2, 0) is 0 Å². The molecule has 1 aromatic rings. The molecule has 58 valence electrons. The van der Waals surface area contributed by atoms with E-state index >= 15 is 0 Å². The summed E-state index contributed by atoms with van der Waals surface area (Å²) in [6.45, 7) is 0. The smallest absolute Gasteiger partial charge is 0.170 e. The lowest BCUT2D eigenvalue weighted by atomic mass is 10.2. The summed E-state index contributed by atoms with van der Waals surface area (Å²) in [5, 5.41) is 0. The van der Waals surface area contributed by atoms with E-state index in [1.54, 1.807) is 6.07 Å². The molecule has 0 bridgehead atoms. The number of carbonyl (C=O) groups excluding carboxylic acids is 1. The predicted octanol–water partition coefficient (Wildman–Crippen LogP) is 1.63. The van der Waals surface area contributed by atoms with Crippen molar-refractivity contribution >= 4 is 21.7 Å². The third-order valence-electron chi connectivity index (χ3n) is 1.77. The Bertz CT molecular complexity index is 318. The highest BCUT2D eigenvalue weighted by atomic mass is 79.9. The standard InChI is InChI=1S/C7H6BrNO2/c8-6-1-3-5(10)2-4(9)7(3)11-6/h1,4H,2,9H2. The molecule has 4 heteroatoms. The van der Waals surface area contributed by atoms with E-state index in [1.165, 1.54) is 0 Å². The van der Waals surface area contributed by atoms with Crippen molar-refractivity contribution in [2.45, 2.75) is 12.5 Å². The molecular formula is C7H6BrNO2. The topological polar surface area (TPSA) is 56.2 Å². The zero-order chi connectivity index (χ0) is 8.01. The average Bonchev–Trinajstić information content (AvgIpc) is 2.38. The van der Waals surface area contributed by atoms with Gasteiger partial charge in [0.15, 0.2) is 10.5 Å². The van der Waals surface area contributed by atoms with Crippen molar-refractivity contribution in [3.05, 3.63) is 22.1 Å². The fourth-order valence-corrected chi connectivity index (χ4v) is 1.67. The summed E-state index contributed by atoms with van der Waals surface area (Å²) in [5.41, 5.74) is 6.24. The monoisotopic (exact) mass is 215 g/mol. The molecule has 1 aliphatic carbocycles. The first kappa shape index (κ1) is 7.06. The number of fused-ring (bicyclic) bond motifs is 1. The lowest BCUT2D eigenvalue weighted by Crippen LogP contribution is -2.05. The van der Waals surface area contributed by atoms with Crippen LogP contribution in [0.2, 0.25) is 0 Å². The molecule has 11 heavy (non-hydrogen) atoms. The molecule has 0 saturated heterocycles. The molecule has 0 fully saturated rings. The molecule has 1 atom stereocenters. The quantitative estimate of drug-likeness (QED) is 0.716. The number of rotatable bonds is 0. The van der Waals surface area contributed by atoms with E-state index in [-0.39, 0.29) is 11.8 Å². The van der Waals surface area contributed by atoms with Gasteiger partial charge in [-0.25, -0.2) is 0 Å². The van der Waals surface area contributed by atoms with Gasteiger partial charge in [-0.15, -0.1) is 0 Å². The summed E-state index contributed by atoms with van der Waals surface area (Å²) in [6, 6.07) is 1.42. The number of halogens is 1. The van der Waals surface area contributed by atoms with Gasteiger partial charge < -0.3 is 10.2 Å². The molecule has 2 rings (SSSR count). The number of carbonyl (C=O) groups is 1. The molecule has 1 heterocycles. The maximum atomic E-state index is 11.1. The van der Waals surface area contributed by atoms with Crippen molar-refractivity contribution in [2.75, 3.05) is 0 Å². The Morgan fingerprint density at radius 2 is 2.45 bits per heavy atom. The number of ketones is 1. The molecular weight excluding hydrogens is 210 g/mol. The summed E-state index contributed by atoms with van der Waals surface area (Å²) in [7, 11) is 0. The van der Waals surface area contributed by atoms with Crippen LogP contribution in [-0.4, -0.2) is 5.78 Å². The first-order valence-corrected chi connectivity index (χ1v) is 4.06. The van der Waals surface area contributed by atoms with E-state index in [1.807, 2.05) is 0 Å². The molecule has 0 aliphatic heterocycles. The molecule has 0 saturated carbocycles. The van der Waals surface area contributed by atoms with Crippen LogP contribution in [0, 0.1) is 0 Å². The number of hydrogen-bond acceptors (Lipinski definition) is 3. The first-order valence-electron chi connectivity index (χ1n) is 3.26. The largest absolute Gasteiger partial charge is 0.452 e. The summed E-state index contributed by atoms with van der Waals surface area (Å²) < 4.78 is 5.75. The minimum absolute atomic E-state index is 0.0713. The van der Waals surface area contributed by atoms with Crippen molar-refractivity contribution in [1.29, 1.82) is 0 Å². The van der Waals surface area contributed by atoms with Crippen molar-refractivity contribution in [1.82, 2.24) is 0 Å². The third-order valence-corrected chi connectivity index (χ3v) is 2.16. The van der Waals surface area contributed by atoms with E-state index < -0.39 is 0 Å². The van der Waals surface area contributed by atoms with Gasteiger partial charge in [-0.05, 0) is 15.9 Å². The fourth-order valence-electron chi connectivity index (χ4n) is 1.27. The van der Waals surface area contributed by atoms with Gasteiger partial charge in [0, 0.05) is 12.5 Å². The Labute approximate surface area is 71.7 Å². The fraction of sp³-hybridized carbons (Fsp3) is 0.286. The van der Waals surface area contributed by atoms with E-state index in [4.69, 9.17) is 10.2 Å². The summed E-state index contributed by atoms with van der Waals surface area (Å²) in [5.74, 6) is 0.684. The van der Waals surface area contributed by atoms with Crippen molar-refractivity contribution in [3.8, 4) is 0 Å². The minimum Gasteiger partial charge on any atom is -0.452 e. The molecule has 1 unspecified atom stereocenters. The molecule has 1 aromatic heterocycles. The van der Waals surface area contributed by atoms with Gasteiger partial charge in [0.25, 0.3) is 0 Å². The predicted molar refractivity (Wildman–Crippen MR) is 42.3 cm³/mol. The maximum Gasteiger partial charge on any atom is 0.170 e. The van der Waals surface area contributed by atoms with Gasteiger partial charge in [-0.2, -0.15) is 0 Å². The molecule has 3 nitrogen and oxygen atoms in total. The van der Waals surface area contributed by atoms with Gasteiger partial charge in [-0.1, -0.05) is 0 Å². The second-order valence-electron chi connectivity index (χ2n) is 2.56. The van der Waals surface area contributed by atoms with Crippen LogP contribution in [0.3, 0.4) is 0 Å². The Hall–Kier alpha value is -0.610. The number of hydrogen-bond donors (Lipinski definition) is 1. The second-order valence-corrected chi connectivity index (χ2v) is 3.34. The molecule has 0 amide bonds. The highest BCUT2D eigenvalue weighted by Crippen LogP contribution is 2.33. The first-order chi connectivity index (χ1) is 5.18. The highest BCUT2D eigenvalue weighted by molar-refractivity contribution is 9.10. The van der Waals surface area contributed by atoms with Crippen LogP contribution < -0.4 is 5.73 Å².